The molecule has 1 fully saturated rings. The van der Waals surface area contributed by atoms with E-state index in [1.165, 1.54) is 11.8 Å². The van der Waals surface area contributed by atoms with Crippen LogP contribution in [0.3, 0.4) is 0 Å². The van der Waals surface area contributed by atoms with Crippen molar-refractivity contribution in [3.63, 3.8) is 0 Å². The lowest BCUT2D eigenvalue weighted by atomic mass is 9.84. The molecule has 1 saturated heterocycles. The van der Waals surface area contributed by atoms with Gasteiger partial charge >= 0.3 is 0 Å². The van der Waals surface area contributed by atoms with Crippen molar-refractivity contribution in [3.8, 4) is 0 Å². The Bertz CT molecular complexity index is 513. The van der Waals surface area contributed by atoms with Crippen LogP contribution in [0.2, 0.25) is 0 Å². The summed E-state index contributed by atoms with van der Waals surface area (Å²) in [7, 11) is 0. The van der Waals surface area contributed by atoms with Crippen LogP contribution in [0.25, 0.3) is 0 Å². The van der Waals surface area contributed by atoms with Gasteiger partial charge in [0.2, 0.25) is 0 Å². The lowest BCUT2D eigenvalue weighted by Gasteiger charge is -2.47. The van der Waals surface area contributed by atoms with Gasteiger partial charge in [-0.05, 0) is 31.6 Å². The Morgan fingerprint density at radius 2 is 1.83 bits per heavy atom. The predicted molar refractivity (Wildman–Crippen MR) is 96.7 cm³/mol. The molecule has 1 aliphatic heterocycles. The highest BCUT2D eigenvalue weighted by Crippen LogP contribution is 2.47. The Balaban J connectivity index is 2.36. The van der Waals surface area contributed by atoms with Crippen molar-refractivity contribution in [3.05, 3.63) is 35.9 Å². The summed E-state index contributed by atoms with van der Waals surface area (Å²) >= 11 is 1.36. The van der Waals surface area contributed by atoms with Gasteiger partial charge in [0.1, 0.15) is 0 Å². The zero-order chi connectivity index (χ0) is 17.6. The molecule has 0 bridgehead atoms. The molecule has 4 nitrogen and oxygen atoms in total. The summed E-state index contributed by atoms with van der Waals surface area (Å²) in [5.74, 6) is -0.532. The third-order valence-corrected chi connectivity index (χ3v) is 5.15. The summed E-state index contributed by atoms with van der Waals surface area (Å²) in [5, 5.41) is 0.180. The van der Waals surface area contributed by atoms with E-state index in [0.717, 1.165) is 11.3 Å². The molecule has 0 aliphatic carbocycles. The predicted octanol–water partition coefficient (Wildman–Crippen LogP) is 4.41. The highest BCUT2D eigenvalue weighted by atomic mass is 32.2. The summed E-state index contributed by atoms with van der Waals surface area (Å²) in [6, 6.07) is 9.90. The zero-order valence-corrected chi connectivity index (χ0v) is 15.8. The van der Waals surface area contributed by atoms with Crippen molar-refractivity contribution in [2.24, 2.45) is 11.8 Å². The van der Waals surface area contributed by atoms with Crippen molar-refractivity contribution < 1.29 is 19.0 Å². The van der Waals surface area contributed by atoms with Gasteiger partial charge in [0.15, 0.2) is 5.12 Å². The lowest BCUT2D eigenvalue weighted by Crippen LogP contribution is -2.52. The highest BCUT2D eigenvalue weighted by Gasteiger charge is 2.51. The molecule has 0 N–H and O–H groups in total. The Morgan fingerprint density at radius 3 is 2.38 bits per heavy atom. The number of carbonyl (C=O) groups is 1. The molecule has 0 spiro atoms. The van der Waals surface area contributed by atoms with Crippen LogP contribution in [0.5, 0.6) is 0 Å². The first-order valence-electron chi connectivity index (χ1n) is 8.75. The fourth-order valence-corrected chi connectivity index (χ4v) is 3.95. The number of rotatable bonds is 7. The average molecular weight is 352 g/mol. The van der Waals surface area contributed by atoms with Gasteiger partial charge in [0.25, 0.3) is 5.97 Å². The Morgan fingerprint density at radius 1 is 1.21 bits per heavy atom. The maximum atomic E-state index is 12.7. The molecule has 24 heavy (non-hydrogen) atoms. The standard InChI is InChI=1S/C19H28O4S/c1-5-21-19(22-6-2)14(4)13-16(18(20)24-7-3)17(23-19)15-11-9-8-10-12-15/h8-12,14,16-17H,5-7,13H2,1-4H3/t14-,16-,17-/m1/s1. The number of hydrogen-bond acceptors (Lipinski definition) is 5. The van der Waals surface area contributed by atoms with Crippen LogP contribution in [0.4, 0.5) is 0 Å². The molecule has 0 amide bonds. The fourth-order valence-electron chi connectivity index (χ4n) is 3.23. The number of thioether (sulfide) groups is 1. The summed E-state index contributed by atoms with van der Waals surface area (Å²) < 4.78 is 18.2. The number of ether oxygens (including phenoxy) is 3. The SMILES string of the molecule is CCOC1(OCC)O[C@H](c2ccccc2)[C@H](C(=O)SCC)C[C@H]1C. The quantitative estimate of drug-likeness (QED) is 0.680. The van der Waals surface area contributed by atoms with Crippen molar-refractivity contribution in [2.75, 3.05) is 19.0 Å². The van der Waals surface area contributed by atoms with Crippen molar-refractivity contribution in [1.29, 1.82) is 0 Å². The van der Waals surface area contributed by atoms with E-state index in [0.29, 0.717) is 19.6 Å². The monoisotopic (exact) mass is 352 g/mol. The van der Waals surface area contributed by atoms with Crippen LogP contribution in [-0.4, -0.2) is 30.1 Å². The van der Waals surface area contributed by atoms with Gasteiger partial charge in [-0.2, -0.15) is 0 Å². The van der Waals surface area contributed by atoms with Crippen LogP contribution in [-0.2, 0) is 19.0 Å². The first-order valence-corrected chi connectivity index (χ1v) is 9.73. The molecule has 1 heterocycles. The van der Waals surface area contributed by atoms with Gasteiger partial charge in [-0.25, -0.2) is 0 Å². The van der Waals surface area contributed by atoms with Crippen molar-refractivity contribution >= 4 is 16.9 Å². The summed E-state index contributed by atoms with van der Waals surface area (Å²) in [5.41, 5.74) is 0.989. The molecule has 1 aromatic carbocycles. The number of benzene rings is 1. The molecule has 1 aliphatic rings. The summed E-state index contributed by atoms with van der Waals surface area (Å²) in [4.78, 5) is 12.7. The van der Waals surface area contributed by atoms with Crippen LogP contribution in [0, 0.1) is 11.8 Å². The van der Waals surface area contributed by atoms with E-state index in [-0.39, 0.29) is 23.1 Å². The van der Waals surface area contributed by atoms with E-state index >= 15 is 0 Å². The molecule has 1 aromatic rings. The van der Waals surface area contributed by atoms with Gasteiger partial charge in [0.05, 0.1) is 12.0 Å². The van der Waals surface area contributed by atoms with E-state index in [4.69, 9.17) is 14.2 Å². The topological polar surface area (TPSA) is 44.8 Å². The molecule has 2 rings (SSSR count). The van der Waals surface area contributed by atoms with Crippen LogP contribution in [0.1, 0.15) is 45.8 Å². The van der Waals surface area contributed by atoms with Crippen LogP contribution < -0.4 is 0 Å². The van der Waals surface area contributed by atoms with E-state index in [1.807, 2.05) is 58.0 Å². The zero-order valence-electron chi connectivity index (χ0n) is 15.0. The lowest BCUT2D eigenvalue weighted by molar-refractivity contribution is -0.432. The normalized spacial score (nSPS) is 26.2. The molecule has 0 saturated carbocycles. The summed E-state index contributed by atoms with van der Waals surface area (Å²) in [6.45, 7) is 8.88. The Labute approximate surface area is 149 Å². The number of carbonyl (C=O) groups excluding carboxylic acids is 1. The van der Waals surface area contributed by atoms with E-state index < -0.39 is 5.97 Å². The second-order valence-electron chi connectivity index (χ2n) is 5.91. The largest absolute Gasteiger partial charge is 0.328 e. The molecule has 3 atom stereocenters. The van der Waals surface area contributed by atoms with Gasteiger partial charge in [-0.1, -0.05) is 55.9 Å². The van der Waals surface area contributed by atoms with Gasteiger partial charge in [-0.3, -0.25) is 4.79 Å². The average Bonchev–Trinajstić information content (AvgIpc) is 2.58. The molecular weight excluding hydrogens is 324 g/mol. The maximum Gasteiger partial charge on any atom is 0.286 e. The second kappa shape index (κ2) is 8.99. The molecule has 0 unspecified atom stereocenters. The van der Waals surface area contributed by atoms with Crippen molar-refractivity contribution in [1.82, 2.24) is 0 Å². The van der Waals surface area contributed by atoms with E-state index in [1.54, 1.807) is 0 Å². The van der Waals surface area contributed by atoms with Gasteiger partial charge < -0.3 is 14.2 Å². The Kier molecular flexibility index (Phi) is 7.29. The third-order valence-electron chi connectivity index (χ3n) is 4.28. The molecule has 0 radical (unpaired) electrons. The van der Waals surface area contributed by atoms with Crippen LogP contribution in [0.15, 0.2) is 30.3 Å². The summed E-state index contributed by atoms with van der Waals surface area (Å²) in [6.07, 6.45) is 0.331. The smallest absolute Gasteiger partial charge is 0.286 e. The molecule has 0 aromatic heterocycles. The first-order chi connectivity index (χ1) is 11.6. The van der Waals surface area contributed by atoms with Gasteiger partial charge in [-0.15, -0.1) is 0 Å². The minimum Gasteiger partial charge on any atom is -0.328 e. The molecule has 134 valence electrons. The first kappa shape index (κ1) is 19.4. The molecule has 5 heteroatoms. The highest BCUT2D eigenvalue weighted by molar-refractivity contribution is 8.13. The third kappa shape index (κ3) is 4.20. The second-order valence-corrected chi connectivity index (χ2v) is 7.18. The van der Waals surface area contributed by atoms with Crippen molar-refractivity contribution in [2.45, 2.75) is 46.2 Å². The van der Waals surface area contributed by atoms with E-state index in [2.05, 4.69) is 0 Å². The minimum absolute atomic E-state index is 0.0243. The maximum absolute atomic E-state index is 12.7. The Hall–Kier alpha value is -0.880. The van der Waals surface area contributed by atoms with Crippen LogP contribution >= 0.6 is 11.8 Å². The molecular formula is C19H28O4S. The fraction of sp³-hybridized carbons (Fsp3) is 0.632. The minimum atomic E-state index is -1.09. The van der Waals surface area contributed by atoms with E-state index in [9.17, 15) is 4.79 Å². The number of hydrogen-bond donors (Lipinski definition) is 0. The van der Waals surface area contributed by atoms with Gasteiger partial charge in [0, 0.05) is 19.1 Å².